The first kappa shape index (κ1) is 12.9. The van der Waals surface area contributed by atoms with E-state index in [0.29, 0.717) is 12.3 Å². The molecule has 1 fully saturated rings. The summed E-state index contributed by atoms with van der Waals surface area (Å²) in [5.41, 5.74) is 5.75. The highest BCUT2D eigenvalue weighted by atomic mass is 32.1. The van der Waals surface area contributed by atoms with Gasteiger partial charge in [0.05, 0.1) is 17.4 Å². The highest BCUT2D eigenvalue weighted by Crippen LogP contribution is 2.44. The van der Waals surface area contributed by atoms with Gasteiger partial charge in [-0.1, -0.05) is 6.07 Å². The van der Waals surface area contributed by atoms with Crippen LogP contribution < -0.4 is 0 Å². The summed E-state index contributed by atoms with van der Waals surface area (Å²) in [4.78, 5) is 4.79. The number of aliphatic hydroxyl groups is 1. The molecule has 0 spiro atoms. The minimum Gasteiger partial charge on any atom is -0.396 e. The smallest absolute Gasteiger partial charge is 0.0737 e. The molecule has 1 saturated carbocycles. The van der Waals surface area contributed by atoms with Gasteiger partial charge in [0.2, 0.25) is 0 Å². The molecule has 3 aromatic rings. The zero-order valence-electron chi connectivity index (χ0n) is 11.6. The van der Waals surface area contributed by atoms with Crippen LogP contribution in [-0.4, -0.2) is 21.1 Å². The van der Waals surface area contributed by atoms with Gasteiger partial charge in [-0.2, -0.15) is 0 Å². The third kappa shape index (κ3) is 2.45. The van der Waals surface area contributed by atoms with Crippen LogP contribution in [0.25, 0.3) is 22.2 Å². The Labute approximate surface area is 127 Å². The Balaban J connectivity index is 1.90. The number of hydrogen-bond acceptors (Lipinski definition) is 4. The molecule has 1 aliphatic carbocycles. The van der Waals surface area contributed by atoms with Crippen LogP contribution in [0.2, 0.25) is 0 Å². The molecule has 0 radical (unpaired) electrons. The average Bonchev–Trinajstić information content (AvgIpc) is 3.20. The summed E-state index contributed by atoms with van der Waals surface area (Å²) >= 11 is 1.46. The van der Waals surface area contributed by atoms with Crippen molar-refractivity contribution >= 4 is 22.4 Å². The summed E-state index contributed by atoms with van der Waals surface area (Å²) < 4.78 is 4.18. The maximum atomic E-state index is 9.13. The van der Waals surface area contributed by atoms with Gasteiger partial charge in [0.15, 0.2) is 0 Å². The van der Waals surface area contributed by atoms with Gasteiger partial charge in [0, 0.05) is 22.9 Å². The summed E-state index contributed by atoms with van der Waals surface area (Å²) in [7, 11) is 0. The first-order valence-electron chi connectivity index (χ1n) is 7.29. The van der Waals surface area contributed by atoms with Crippen molar-refractivity contribution in [2.75, 3.05) is 6.61 Å². The molecule has 1 aromatic carbocycles. The van der Waals surface area contributed by atoms with Crippen LogP contribution in [0.3, 0.4) is 0 Å². The van der Waals surface area contributed by atoms with Crippen molar-refractivity contribution < 1.29 is 5.11 Å². The standard InChI is InChI=1S/C17H16N2OS/c20-6-5-11-1-4-16-15(7-11)14(12-2-3-12)8-17(19-16)13-9-18-21-10-13/h1,4,7-10,12,20H,2-3,5-6H2. The van der Waals surface area contributed by atoms with Crippen LogP contribution in [0, 0.1) is 0 Å². The number of benzene rings is 1. The Bertz CT molecular complexity index is 779. The third-order valence-corrected chi connectivity index (χ3v) is 4.64. The van der Waals surface area contributed by atoms with Crippen LogP contribution in [0.4, 0.5) is 0 Å². The molecule has 21 heavy (non-hydrogen) atoms. The van der Waals surface area contributed by atoms with Gasteiger partial charge in [0.25, 0.3) is 0 Å². The summed E-state index contributed by atoms with van der Waals surface area (Å²) in [6.45, 7) is 0.191. The molecule has 4 heteroatoms. The number of fused-ring (bicyclic) bond motifs is 1. The van der Waals surface area contributed by atoms with E-state index in [9.17, 15) is 0 Å². The van der Waals surface area contributed by atoms with Crippen LogP contribution in [0.1, 0.15) is 29.9 Å². The van der Waals surface area contributed by atoms with Crippen molar-refractivity contribution in [3.8, 4) is 11.3 Å². The molecule has 0 saturated heterocycles. The van der Waals surface area contributed by atoms with Crippen molar-refractivity contribution in [2.24, 2.45) is 0 Å². The van der Waals surface area contributed by atoms with Crippen LogP contribution >= 0.6 is 11.5 Å². The lowest BCUT2D eigenvalue weighted by Crippen LogP contribution is -1.94. The van der Waals surface area contributed by atoms with E-state index in [1.165, 1.54) is 40.9 Å². The first-order valence-corrected chi connectivity index (χ1v) is 8.13. The van der Waals surface area contributed by atoms with Crippen molar-refractivity contribution in [3.63, 3.8) is 0 Å². The molecule has 0 unspecified atom stereocenters. The lowest BCUT2D eigenvalue weighted by Gasteiger charge is -2.10. The van der Waals surface area contributed by atoms with Crippen molar-refractivity contribution in [1.82, 2.24) is 9.36 Å². The maximum Gasteiger partial charge on any atom is 0.0737 e. The average molecular weight is 296 g/mol. The second-order valence-corrected chi connectivity index (χ2v) is 6.27. The van der Waals surface area contributed by atoms with E-state index in [-0.39, 0.29) is 6.61 Å². The molecular formula is C17H16N2OS. The highest BCUT2D eigenvalue weighted by Gasteiger charge is 2.26. The first-order chi connectivity index (χ1) is 10.3. The largest absolute Gasteiger partial charge is 0.396 e. The van der Waals surface area contributed by atoms with Crippen molar-refractivity contribution in [3.05, 3.63) is 47.0 Å². The fraction of sp³-hybridized carbons (Fsp3) is 0.294. The van der Waals surface area contributed by atoms with Gasteiger partial charge in [-0.05, 0) is 66.0 Å². The lowest BCUT2D eigenvalue weighted by molar-refractivity contribution is 0.299. The van der Waals surface area contributed by atoms with Crippen molar-refractivity contribution in [1.29, 1.82) is 0 Å². The number of hydrogen-bond donors (Lipinski definition) is 1. The second kappa shape index (κ2) is 5.20. The van der Waals surface area contributed by atoms with E-state index >= 15 is 0 Å². The number of rotatable bonds is 4. The predicted octanol–water partition coefficient (Wildman–Crippen LogP) is 3.77. The van der Waals surface area contributed by atoms with Gasteiger partial charge in [-0.15, -0.1) is 0 Å². The molecule has 0 aliphatic heterocycles. The summed E-state index contributed by atoms with van der Waals surface area (Å²) in [6.07, 6.45) is 5.13. The zero-order chi connectivity index (χ0) is 14.2. The molecule has 0 amide bonds. The number of nitrogens with zero attached hydrogens (tertiary/aromatic N) is 2. The number of aliphatic hydroxyl groups excluding tert-OH is 1. The van der Waals surface area contributed by atoms with Gasteiger partial charge in [0.1, 0.15) is 0 Å². The van der Waals surface area contributed by atoms with E-state index in [1.807, 2.05) is 11.6 Å². The Morgan fingerprint density at radius 2 is 2.14 bits per heavy atom. The third-order valence-electron chi connectivity index (χ3n) is 4.05. The van der Waals surface area contributed by atoms with E-state index in [1.54, 1.807) is 0 Å². The normalized spacial score (nSPS) is 14.7. The number of aromatic nitrogens is 2. The molecule has 2 aromatic heterocycles. The Kier molecular flexibility index (Phi) is 3.20. The topological polar surface area (TPSA) is 46.0 Å². The van der Waals surface area contributed by atoms with E-state index in [2.05, 4.69) is 28.6 Å². The molecule has 0 bridgehead atoms. The predicted molar refractivity (Wildman–Crippen MR) is 85.6 cm³/mol. The zero-order valence-corrected chi connectivity index (χ0v) is 12.4. The van der Waals surface area contributed by atoms with Crippen LogP contribution in [-0.2, 0) is 6.42 Å². The van der Waals surface area contributed by atoms with E-state index in [0.717, 1.165) is 16.8 Å². The Morgan fingerprint density at radius 3 is 2.86 bits per heavy atom. The maximum absolute atomic E-state index is 9.13. The molecule has 1 aliphatic rings. The highest BCUT2D eigenvalue weighted by molar-refractivity contribution is 7.03. The fourth-order valence-corrected chi connectivity index (χ4v) is 3.33. The quantitative estimate of drug-likeness (QED) is 0.797. The van der Waals surface area contributed by atoms with Gasteiger partial charge < -0.3 is 5.11 Å². The minimum absolute atomic E-state index is 0.191. The molecule has 2 heterocycles. The Hall–Kier alpha value is -1.78. The molecule has 1 N–H and O–H groups in total. The molecule has 0 atom stereocenters. The second-order valence-electron chi connectivity index (χ2n) is 5.61. The molecule has 3 nitrogen and oxygen atoms in total. The molecule has 106 valence electrons. The van der Waals surface area contributed by atoms with Gasteiger partial charge in [-0.3, -0.25) is 0 Å². The van der Waals surface area contributed by atoms with E-state index < -0.39 is 0 Å². The molecule has 4 rings (SSSR count). The van der Waals surface area contributed by atoms with Gasteiger partial charge >= 0.3 is 0 Å². The van der Waals surface area contributed by atoms with Crippen LogP contribution in [0.15, 0.2) is 35.8 Å². The Morgan fingerprint density at radius 1 is 1.24 bits per heavy atom. The van der Waals surface area contributed by atoms with Crippen molar-refractivity contribution in [2.45, 2.75) is 25.2 Å². The van der Waals surface area contributed by atoms with E-state index in [4.69, 9.17) is 10.1 Å². The SMILES string of the molecule is OCCc1ccc2nc(-c3cnsc3)cc(C3CC3)c2c1. The van der Waals surface area contributed by atoms with Crippen LogP contribution in [0.5, 0.6) is 0 Å². The monoisotopic (exact) mass is 296 g/mol. The minimum atomic E-state index is 0.191. The summed E-state index contributed by atoms with van der Waals surface area (Å²) in [5, 5.41) is 12.4. The summed E-state index contributed by atoms with van der Waals surface area (Å²) in [6, 6.07) is 8.57. The lowest BCUT2D eigenvalue weighted by atomic mass is 9.99. The summed E-state index contributed by atoms with van der Waals surface area (Å²) in [5.74, 6) is 0.672. The number of pyridine rings is 1. The van der Waals surface area contributed by atoms with Gasteiger partial charge in [-0.25, -0.2) is 9.36 Å². The molecular weight excluding hydrogens is 280 g/mol. The fourth-order valence-electron chi connectivity index (χ4n) is 2.79.